The van der Waals surface area contributed by atoms with Crippen LogP contribution < -0.4 is 0 Å². The smallest absolute Gasteiger partial charge is 0.173 e. The van der Waals surface area contributed by atoms with Gasteiger partial charge in [0.25, 0.3) is 0 Å². The predicted molar refractivity (Wildman–Crippen MR) is 55.5 cm³/mol. The van der Waals surface area contributed by atoms with Gasteiger partial charge in [0.05, 0.1) is 6.61 Å². The number of hydrogen-bond acceptors (Lipinski definition) is 2. The maximum absolute atomic E-state index is 9.09. The molecular formula is C11H22O2. The van der Waals surface area contributed by atoms with Gasteiger partial charge in [0.15, 0.2) is 6.29 Å². The Kier molecular flexibility index (Phi) is 8.05. The maximum atomic E-state index is 9.09. The van der Waals surface area contributed by atoms with Crippen molar-refractivity contribution in [1.29, 1.82) is 0 Å². The van der Waals surface area contributed by atoms with E-state index in [9.17, 15) is 0 Å². The Morgan fingerprint density at radius 3 is 2.62 bits per heavy atom. The van der Waals surface area contributed by atoms with E-state index < -0.39 is 6.29 Å². The molecule has 2 nitrogen and oxygen atoms in total. The highest BCUT2D eigenvalue weighted by atomic mass is 16.6. The molecule has 0 heterocycles. The van der Waals surface area contributed by atoms with Crippen LogP contribution in [-0.2, 0) is 4.74 Å². The first-order valence-corrected chi connectivity index (χ1v) is 5.16. The standard InChI is InChI=1S/C11H22O2/c1-4-7-8-10(5-2)9-13-11(12)6-3/h6,10-12H,3-5,7-9H2,1-2H3. The van der Waals surface area contributed by atoms with Gasteiger partial charge < -0.3 is 9.84 Å². The molecule has 2 unspecified atom stereocenters. The van der Waals surface area contributed by atoms with Crippen LogP contribution in [0.15, 0.2) is 12.7 Å². The number of hydrogen-bond donors (Lipinski definition) is 1. The zero-order valence-electron chi connectivity index (χ0n) is 8.83. The highest BCUT2D eigenvalue weighted by Crippen LogP contribution is 2.13. The van der Waals surface area contributed by atoms with Crippen molar-refractivity contribution in [1.82, 2.24) is 0 Å². The molecule has 0 spiro atoms. The van der Waals surface area contributed by atoms with E-state index >= 15 is 0 Å². The summed E-state index contributed by atoms with van der Waals surface area (Å²) in [4.78, 5) is 0. The Morgan fingerprint density at radius 2 is 2.15 bits per heavy atom. The summed E-state index contributed by atoms with van der Waals surface area (Å²) in [5.74, 6) is 0.578. The molecule has 0 fully saturated rings. The molecule has 0 radical (unpaired) electrons. The minimum atomic E-state index is -0.796. The summed E-state index contributed by atoms with van der Waals surface area (Å²) in [5.41, 5.74) is 0. The minimum absolute atomic E-state index is 0.578. The quantitative estimate of drug-likeness (QED) is 0.466. The van der Waals surface area contributed by atoms with Crippen LogP contribution in [0.25, 0.3) is 0 Å². The number of aliphatic hydroxyl groups excluding tert-OH is 1. The van der Waals surface area contributed by atoms with Crippen molar-refractivity contribution in [3.8, 4) is 0 Å². The minimum Gasteiger partial charge on any atom is -0.365 e. The maximum Gasteiger partial charge on any atom is 0.173 e. The molecule has 2 atom stereocenters. The van der Waals surface area contributed by atoms with E-state index in [4.69, 9.17) is 9.84 Å². The highest BCUT2D eigenvalue weighted by molar-refractivity contribution is 4.70. The summed E-state index contributed by atoms with van der Waals surface area (Å²) in [7, 11) is 0. The molecule has 78 valence electrons. The average molecular weight is 186 g/mol. The lowest BCUT2D eigenvalue weighted by Crippen LogP contribution is -2.15. The fourth-order valence-corrected chi connectivity index (χ4v) is 1.20. The van der Waals surface area contributed by atoms with Crippen LogP contribution >= 0.6 is 0 Å². The third kappa shape index (κ3) is 6.79. The van der Waals surface area contributed by atoms with Gasteiger partial charge in [-0.1, -0.05) is 39.7 Å². The average Bonchev–Trinajstić information content (AvgIpc) is 2.17. The number of ether oxygens (including phenoxy) is 1. The molecule has 0 rings (SSSR count). The van der Waals surface area contributed by atoms with E-state index in [-0.39, 0.29) is 0 Å². The van der Waals surface area contributed by atoms with Crippen molar-refractivity contribution < 1.29 is 9.84 Å². The van der Waals surface area contributed by atoms with E-state index in [0.29, 0.717) is 12.5 Å². The number of unbranched alkanes of at least 4 members (excludes halogenated alkanes) is 1. The van der Waals surface area contributed by atoms with E-state index in [2.05, 4.69) is 20.4 Å². The fraction of sp³-hybridized carbons (Fsp3) is 0.818. The Morgan fingerprint density at radius 1 is 1.46 bits per heavy atom. The molecule has 0 saturated heterocycles. The molecule has 2 heteroatoms. The second-order valence-electron chi connectivity index (χ2n) is 3.38. The van der Waals surface area contributed by atoms with Gasteiger partial charge in [0.1, 0.15) is 0 Å². The Hall–Kier alpha value is -0.340. The van der Waals surface area contributed by atoms with Crippen LogP contribution in [0.3, 0.4) is 0 Å². The molecule has 0 aromatic carbocycles. The normalized spacial score (nSPS) is 15.3. The summed E-state index contributed by atoms with van der Waals surface area (Å²) in [6, 6.07) is 0. The van der Waals surface area contributed by atoms with Crippen LogP contribution in [0, 0.1) is 5.92 Å². The molecule has 0 aliphatic heterocycles. The van der Waals surface area contributed by atoms with Crippen molar-refractivity contribution in [2.75, 3.05) is 6.61 Å². The lowest BCUT2D eigenvalue weighted by molar-refractivity contribution is -0.0773. The molecule has 0 bridgehead atoms. The molecule has 0 amide bonds. The van der Waals surface area contributed by atoms with Gasteiger partial charge in [-0.05, 0) is 18.4 Å². The summed E-state index contributed by atoms with van der Waals surface area (Å²) < 4.78 is 5.18. The first-order chi connectivity index (χ1) is 6.24. The van der Waals surface area contributed by atoms with Crippen molar-refractivity contribution >= 4 is 0 Å². The van der Waals surface area contributed by atoms with Gasteiger partial charge in [0, 0.05) is 0 Å². The Bertz CT molecular complexity index is 123. The van der Waals surface area contributed by atoms with Crippen LogP contribution in [0.1, 0.15) is 39.5 Å². The largest absolute Gasteiger partial charge is 0.365 e. The molecule has 0 saturated carbocycles. The zero-order valence-corrected chi connectivity index (χ0v) is 8.83. The molecule has 0 aliphatic carbocycles. The summed E-state index contributed by atoms with van der Waals surface area (Å²) in [6.45, 7) is 8.44. The fourth-order valence-electron chi connectivity index (χ4n) is 1.20. The first-order valence-electron chi connectivity index (χ1n) is 5.16. The van der Waals surface area contributed by atoms with Crippen LogP contribution in [0.5, 0.6) is 0 Å². The monoisotopic (exact) mass is 186 g/mol. The van der Waals surface area contributed by atoms with E-state index in [1.54, 1.807) is 0 Å². The molecule has 0 aromatic heterocycles. The van der Waals surface area contributed by atoms with Gasteiger partial charge in [0.2, 0.25) is 0 Å². The van der Waals surface area contributed by atoms with Crippen LogP contribution in [0.4, 0.5) is 0 Å². The van der Waals surface area contributed by atoms with Crippen LogP contribution in [0.2, 0.25) is 0 Å². The zero-order chi connectivity index (χ0) is 10.1. The van der Waals surface area contributed by atoms with E-state index in [1.807, 2.05) is 0 Å². The van der Waals surface area contributed by atoms with E-state index in [0.717, 1.165) is 6.42 Å². The molecule has 13 heavy (non-hydrogen) atoms. The van der Waals surface area contributed by atoms with Crippen molar-refractivity contribution in [2.24, 2.45) is 5.92 Å². The van der Waals surface area contributed by atoms with Gasteiger partial charge in [-0.3, -0.25) is 0 Å². The molecule has 0 aromatic rings. The second kappa shape index (κ2) is 8.27. The Labute approximate surface area is 81.6 Å². The summed E-state index contributed by atoms with van der Waals surface area (Å²) >= 11 is 0. The molecule has 0 aliphatic rings. The van der Waals surface area contributed by atoms with Crippen molar-refractivity contribution in [2.45, 2.75) is 45.8 Å². The SMILES string of the molecule is C=CC(O)OCC(CC)CCCC. The summed E-state index contributed by atoms with van der Waals surface area (Å²) in [6.07, 6.45) is 5.38. The van der Waals surface area contributed by atoms with Crippen LogP contribution in [-0.4, -0.2) is 18.0 Å². The molecular weight excluding hydrogens is 164 g/mol. The van der Waals surface area contributed by atoms with Gasteiger partial charge in [-0.25, -0.2) is 0 Å². The second-order valence-corrected chi connectivity index (χ2v) is 3.38. The predicted octanol–water partition coefficient (Wildman–Crippen LogP) is 2.72. The van der Waals surface area contributed by atoms with E-state index in [1.165, 1.54) is 25.3 Å². The van der Waals surface area contributed by atoms with Gasteiger partial charge in [-0.2, -0.15) is 0 Å². The molecule has 1 N–H and O–H groups in total. The topological polar surface area (TPSA) is 29.5 Å². The first kappa shape index (κ1) is 12.7. The number of rotatable bonds is 8. The van der Waals surface area contributed by atoms with Crippen molar-refractivity contribution in [3.05, 3.63) is 12.7 Å². The third-order valence-corrected chi connectivity index (χ3v) is 2.25. The lowest BCUT2D eigenvalue weighted by Gasteiger charge is -2.16. The highest BCUT2D eigenvalue weighted by Gasteiger charge is 2.07. The van der Waals surface area contributed by atoms with Crippen molar-refractivity contribution in [3.63, 3.8) is 0 Å². The van der Waals surface area contributed by atoms with Gasteiger partial charge in [-0.15, -0.1) is 0 Å². The lowest BCUT2D eigenvalue weighted by atomic mass is 10.0. The third-order valence-electron chi connectivity index (χ3n) is 2.25. The Balaban J connectivity index is 3.52. The summed E-state index contributed by atoms with van der Waals surface area (Å²) in [5, 5.41) is 9.09. The number of aliphatic hydroxyl groups is 1. The van der Waals surface area contributed by atoms with Gasteiger partial charge >= 0.3 is 0 Å².